The first kappa shape index (κ1) is 87.3. The zero-order chi connectivity index (χ0) is 68.0. The van der Waals surface area contributed by atoms with Gasteiger partial charge < -0.3 is 65.1 Å². The van der Waals surface area contributed by atoms with Crippen LogP contribution in [-0.2, 0) is 23.7 Å². The molecule has 2 fully saturated rings. The summed E-state index contributed by atoms with van der Waals surface area (Å²) in [6.45, 7) is 2.69. The molecule has 0 aromatic heterocycles. The van der Waals surface area contributed by atoms with E-state index in [0.717, 1.165) is 70.6 Å². The Morgan fingerprint density at radius 1 is 0.394 bits per heavy atom. The van der Waals surface area contributed by atoms with Crippen molar-refractivity contribution in [2.24, 2.45) is 0 Å². The molecular formula is C80H143NO13. The fraction of sp³-hybridized carbons (Fsp3) is 0.812. The van der Waals surface area contributed by atoms with E-state index in [1.165, 1.54) is 218 Å². The Labute approximate surface area is 573 Å². The predicted molar refractivity (Wildman–Crippen MR) is 387 cm³/mol. The molecule has 0 radical (unpaired) electrons. The van der Waals surface area contributed by atoms with Crippen molar-refractivity contribution in [3.05, 3.63) is 85.1 Å². The van der Waals surface area contributed by atoms with Gasteiger partial charge in [0.15, 0.2) is 12.6 Å². The molecule has 2 heterocycles. The van der Waals surface area contributed by atoms with Crippen LogP contribution >= 0.6 is 0 Å². The average Bonchev–Trinajstić information content (AvgIpc) is 0.794. The van der Waals surface area contributed by atoms with Crippen molar-refractivity contribution < 1.29 is 64.6 Å². The molecule has 12 unspecified atom stereocenters. The van der Waals surface area contributed by atoms with E-state index in [1.54, 1.807) is 6.08 Å². The van der Waals surface area contributed by atoms with Gasteiger partial charge in [0.2, 0.25) is 5.91 Å². The van der Waals surface area contributed by atoms with E-state index < -0.39 is 86.8 Å². The van der Waals surface area contributed by atoms with E-state index in [2.05, 4.69) is 92.1 Å². The summed E-state index contributed by atoms with van der Waals surface area (Å²) in [4.78, 5) is 13.3. The van der Waals surface area contributed by atoms with Crippen molar-refractivity contribution in [1.82, 2.24) is 5.32 Å². The molecule has 9 N–H and O–H groups in total. The third-order valence-electron chi connectivity index (χ3n) is 18.5. The van der Waals surface area contributed by atoms with Crippen LogP contribution in [0.3, 0.4) is 0 Å². The topological polar surface area (TPSA) is 228 Å². The molecule has 12 atom stereocenters. The lowest BCUT2D eigenvalue weighted by molar-refractivity contribution is -0.359. The zero-order valence-corrected chi connectivity index (χ0v) is 59.7. The van der Waals surface area contributed by atoms with Crippen molar-refractivity contribution in [1.29, 1.82) is 0 Å². The van der Waals surface area contributed by atoms with Crippen LogP contribution in [0, 0.1) is 0 Å². The highest BCUT2D eigenvalue weighted by Crippen LogP contribution is 2.30. The summed E-state index contributed by atoms with van der Waals surface area (Å²) in [5.41, 5.74) is 0. The highest BCUT2D eigenvalue weighted by molar-refractivity contribution is 5.76. The van der Waals surface area contributed by atoms with Gasteiger partial charge in [0.1, 0.15) is 48.8 Å². The van der Waals surface area contributed by atoms with Gasteiger partial charge in [-0.25, -0.2) is 0 Å². The number of carbonyl (C=O) groups excluding carboxylic acids is 1. The summed E-state index contributed by atoms with van der Waals surface area (Å²) in [7, 11) is 0. The second-order valence-corrected chi connectivity index (χ2v) is 27.1. The van der Waals surface area contributed by atoms with Crippen molar-refractivity contribution in [2.45, 2.75) is 396 Å². The van der Waals surface area contributed by atoms with E-state index in [-0.39, 0.29) is 18.9 Å². The molecule has 0 aromatic carbocycles. The molecule has 14 nitrogen and oxygen atoms in total. The molecule has 14 heteroatoms. The largest absolute Gasteiger partial charge is 0.394 e. The van der Waals surface area contributed by atoms with Gasteiger partial charge in [-0.15, -0.1) is 0 Å². The van der Waals surface area contributed by atoms with Crippen LogP contribution in [0.1, 0.15) is 322 Å². The van der Waals surface area contributed by atoms with Crippen LogP contribution in [0.15, 0.2) is 85.1 Å². The molecular weight excluding hydrogens is 1180 g/mol. The summed E-state index contributed by atoms with van der Waals surface area (Å²) in [5, 5.41) is 87.5. The molecule has 0 saturated carbocycles. The highest BCUT2D eigenvalue weighted by Gasteiger charge is 2.51. The van der Waals surface area contributed by atoms with Crippen LogP contribution < -0.4 is 5.32 Å². The molecule has 0 aliphatic carbocycles. The van der Waals surface area contributed by atoms with Gasteiger partial charge in [0.25, 0.3) is 0 Å². The molecule has 2 aliphatic rings. The van der Waals surface area contributed by atoms with Crippen LogP contribution in [-0.4, -0.2) is 140 Å². The first-order chi connectivity index (χ1) is 46.1. The van der Waals surface area contributed by atoms with Gasteiger partial charge in [-0.05, 0) is 83.5 Å². The zero-order valence-electron chi connectivity index (χ0n) is 59.7. The Bertz CT molecular complexity index is 1900. The fourth-order valence-electron chi connectivity index (χ4n) is 12.4. The molecule has 2 saturated heterocycles. The lowest BCUT2D eigenvalue weighted by Gasteiger charge is -2.46. The first-order valence-corrected chi connectivity index (χ1v) is 38.8. The van der Waals surface area contributed by atoms with Crippen molar-refractivity contribution in [3.8, 4) is 0 Å². The maximum atomic E-state index is 13.3. The van der Waals surface area contributed by atoms with Gasteiger partial charge in [-0.3, -0.25) is 4.79 Å². The van der Waals surface area contributed by atoms with Gasteiger partial charge in [0, 0.05) is 6.42 Å². The number of nitrogens with one attached hydrogen (secondary N) is 1. The van der Waals surface area contributed by atoms with Gasteiger partial charge in [-0.2, -0.15) is 0 Å². The number of allylic oxidation sites excluding steroid dienone is 13. The molecule has 0 spiro atoms. The molecule has 546 valence electrons. The molecule has 2 rings (SSSR count). The summed E-state index contributed by atoms with van der Waals surface area (Å²) in [6, 6.07) is -0.940. The average molecular weight is 1330 g/mol. The van der Waals surface area contributed by atoms with E-state index in [0.29, 0.717) is 12.8 Å². The number of rotatable bonds is 64. The minimum absolute atomic E-state index is 0.249. The molecule has 0 bridgehead atoms. The lowest BCUT2D eigenvalue weighted by Crippen LogP contribution is -2.65. The standard InChI is InChI=1S/C80H143NO13/c1-3-5-7-9-11-13-15-17-19-21-23-24-25-26-27-28-29-30-31-32-33-34-35-36-37-38-39-40-41-42-43-44-46-48-50-52-54-56-58-60-62-64-72(85)81-68(69(84)63-61-59-57-55-53-51-49-47-45-22-20-18-16-14-12-10-8-6-4-2)67-91-79-77(90)75(88)78(71(66-83)93-79)94-80-76(89)74(87)73(86)70(65-82)92-80/h5,7,11,13,17,19,23-24,45,47,53,55,61,63,68-71,73-80,82-84,86-90H,3-4,6,8-10,12,14-16,18,20-22,25-44,46,48-52,54,56-60,62,64-67H2,1-2H3,(H,81,85)/b7-5-,13-11-,19-17-,24-23-,47-45+,55-53+,63-61+. The number of amides is 1. The van der Waals surface area contributed by atoms with Crippen LogP contribution in [0.2, 0.25) is 0 Å². The Morgan fingerprint density at radius 2 is 0.745 bits per heavy atom. The predicted octanol–water partition coefficient (Wildman–Crippen LogP) is 17.1. The molecule has 0 aromatic rings. The number of unbranched alkanes of at least 4 members (excludes halogenated alkanes) is 39. The first-order valence-electron chi connectivity index (χ1n) is 38.8. The second kappa shape index (κ2) is 63.6. The summed E-state index contributed by atoms with van der Waals surface area (Å²) in [5.74, 6) is -0.249. The fourth-order valence-corrected chi connectivity index (χ4v) is 12.4. The maximum Gasteiger partial charge on any atom is 0.220 e. The second-order valence-electron chi connectivity index (χ2n) is 27.1. The SMILES string of the molecule is CC/C=C\C/C=C\C/C=C\C/C=C\CCCCCCCCCCCCCCCCCCCCCCCCCCCCCCC(=O)NC(COC1OC(CO)C(OC2OC(CO)C(O)C(O)C2O)C(O)C1O)C(O)/C=C/CC/C=C/CC/C=C/CCCCCCCCCCC. The smallest absolute Gasteiger partial charge is 0.220 e. The number of hydrogen-bond donors (Lipinski definition) is 9. The molecule has 94 heavy (non-hydrogen) atoms. The quantitative estimate of drug-likeness (QED) is 0.0204. The molecule has 2 aliphatic heterocycles. The minimum atomic E-state index is -1.79. The minimum Gasteiger partial charge on any atom is -0.394 e. The number of carbonyl (C=O) groups is 1. The van der Waals surface area contributed by atoms with Gasteiger partial charge >= 0.3 is 0 Å². The van der Waals surface area contributed by atoms with E-state index >= 15 is 0 Å². The van der Waals surface area contributed by atoms with Gasteiger partial charge in [-0.1, -0.05) is 317 Å². The Hall–Kier alpha value is -2.83. The summed E-state index contributed by atoms with van der Waals surface area (Å²) in [6.07, 6.45) is 72.5. The van der Waals surface area contributed by atoms with E-state index in [9.17, 15) is 45.6 Å². The Balaban J connectivity index is 1.57. The summed E-state index contributed by atoms with van der Waals surface area (Å²) >= 11 is 0. The number of ether oxygens (including phenoxy) is 4. The van der Waals surface area contributed by atoms with Crippen LogP contribution in [0.4, 0.5) is 0 Å². The van der Waals surface area contributed by atoms with Crippen molar-refractivity contribution in [2.75, 3.05) is 19.8 Å². The van der Waals surface area contributed by atoms with Crippen molar-refractivity contribution in [3.63, 3.8) is 0 Å². The Morgan fingerprint density at radius 3 is 1.17 bits per heavy atom. The third kappa shape index (κ3) is 46.4. The third-order valence-corrected chi connectivity index (χ3v) is 18.5. The normalized spacial score (nSPS) is 22.9. The maximum absolute atomic E-state index is 13.3. The number of aliphatic hydroxyl groups excluding tert-OH is 8. The molecule has 1 amide bonds. The summed E-state index contributed by atoms with van der Waals surface area (Å²) < 4.78 is 22.8. The van der Waals surface area contributed by atoms with E-state index in [1.807, 2.05) is 6.08 Å². The number of aliphatic hydroxyl groups is 8. The van der Waals surface area contributed by atoms with Crippen LogP contribution in [0.25, 0.3) is 0 Å². The number of hydrogen-bond acceptors (Lipinski definition) is 13. The lowest BCUT2D eigenvalue weighted by atomic mass is 9.97. The van der Waals surface area contributed by atoms with Crippen LogP contribution in [0.5, 0.6) is 0 Å². The van der Waals surface area contributed by atoms with E-state index in [4.69, 9.17) is 18.9 Å². The highest BCUT2D eigenvalue weighted by atomic mass is 16.7. The Kier molecular flexibility index (Phi) is 59.0. The van der Waals surface area contributed by atoms with Gasteiger partial charge in [0.05, 0.1) is 32.0 Å². The monoisotopic (exact) mass is 1330 g/mol. The van der Waals surface area contributed by atoms with Crippen molar-refractivity contribution >= 4 is 5.91 Å².